The Hall–Kier alpha value is -2.99. The van der Waals surface area contributed by atoms with Gasteiger partial charge in [-0.05, 0) is 54.7 Å². The third-order valence-electron chi connectivity index (χ3n) is 5.20. The fraction of sp³-hybridized carbons (Fsp3) is 0.227. The zero-order chi connectivity index (χ0) is 19.8. The second-order valence-corrected chi connectivity index (χ2v) is 7.70. The fourth-order valence-electron chi connectivity index (χ4n) is 3.75. The molecule has 0 saturated heterocycles. The number of hydrogen-bond donors (Lipinski definition) is 1. The number of halogens is 2. The van der Waals surface area contributed by atoms with Crippen molar-refractivity contribution < 1.29 is 4.39 Å². The molecule has 0 spiro atoms. The Morgan fingerprint density at radius 2 is 1.72 bits per heavy atom. The van der Waals surface area contributed by atoms with Gasteiger partial charge in [-0.2, -0.15) is 9.50 Å². The Labute approximate surface area is 172 Å². The van der Waals surface area contributed by atoms with Crippen LogP contribution in [0.1, 0.15) is 34.6 Å². The molecule has 0 fully saturated rings. The molecule has 0 unspecified atom stereocenters. The Kier molecular flexibility index (Phi) is 4.64. The summed E-state index contributed by atoms with van der Waals surface area (Å²) in [5, 5.41) is 8.92. The van der Waals surface area contributed by atoms with E-state index in [1.54, 1.807) is 16.6 Å². The van der Waals surface area contributed by atoms with Crippen LogP contribution < -0.4 is 5.32 Å². The maximum Gasteiger partial charge on any atom is 0.254 e. The Balaban J connectivity index is 1.48. The third-order valence-corrected chi connectivity index (χ3v) is 5.46. The van der Waals surface area contributed by atoms with E-state index in [2.05, 4.69) is 10.3 Å². The molecule has 1 aliphatic carbocycles. The summed E-state index contributed by atoms with van der Waals surface area (Å²) >= 11 is 5.98. The quantitative estimate of drug-likeness (QED) is 0.525. The van der Waals surface area contributed by atoms with Crippen LogP contribution in [0.4, 0.5) is 10.2 Å². The van der Waals surface area contributed by atoms with Gasteiger partial charge in [0.25, 0.3) is 5.78 Å². The molecule has 7 heteroatoms. The summed E-state index contributed by atoms with van der Waals surface area (Å²) in [6.45, 7) is 0.582. The number of hydrogen-bond acceptors (Lipinski definition) is 4. The number of anilines is 1. The lowest BCUT2D eigenvalue weighted by atomic mass is 10.1. The molecule has 146 valence electrons. The molecule has 0 aliphatic heterocycles. The lowest BCUT2D eigenvalue weighted by Gasteiger charge is -2.12. The van der Waals surface area contributed by atoms with Gasteiger partial charge in [0, 0.05) is 23.6 Å². The van der Waals surface area contributed by atoms with Gasteiger partial charge in [-0.1, -0.05) is 35.9 Å². The van der Waals surface area contributed by atoms with Gasteiger partial charge in [0.05, 0.1) is 5.69 Å². The number of rotatable bonds is 5. The van der Waals surface area contributed by atoms with Gasteiger partial charge in [-0.3, -0.25) is 0 Å². The zero-order valence-electron chi connectivity index (χ0n) is 15.7. The van der Waals surface area contributed by atoms with Crippen LogP contribution in [0.15, 0.2) is 48.5 Å². The van der Waals surface area contributed by atoms with Gasteiger partial charge in [0.15, 0.2) is 5.82 Å². The van der Waals surface area contributed by atoms with Gasteiger partial charge in [-0.15, -0.1) is 5.10 Å². The maximum absolute atomic E-state index is 13.2. The molecule has 2 heterocycles. The number of fused-ring (bicyclic) bond motifs is 2. The van der Waals surface area contributed by atoms with Crippen molar-refractivity contribution in [1.29, 1.82) is 0 Å². The third kappa shape index (κ3) is 3.68. The summed E-state index contributed by atoms with van der Waals surface area (Å²) < 4.78 is 15.0. The van der Waals surface area contributed by atoms with Gasteiger partial charge < -0.3 is 5.32 Å². The van der Waals surface area contributed by atoms with Crippen molar-refractivity contribution in [3.8, 4) is 0 Å². The van der Waals surface area contributed by atoms with Crippen LogP contribution in [0.3, 0.4) is 0 Å². The predicted molar refractivity (Wildman–Crippen MR) is 111 cm³/mol. The van der Waals surface area contributed by atoms with Crippen LogP contribution >= 0.6 is 11.6 Å². The molecule has 0 atom stereocenters. The zero-order valence-corrected chi connectivity index (χ0v) is 16.5. The second kappa shape index (κ2) is 7.44. The van der Waals surface area contributed by atoms with Crippen LogP contribution in [0.5, 0.6) is 0 Å². The molecule has 0 bridgehead atoms. The number of aryl methyl sites for hydroxylation is 1. The number of nitrogens with one attached hydrogen (secondary N) is 1. The van der Waals surface area contributed by atoms with Crippen molar-refractivity contribution in [3.05, 3.63) is 87.6 Å². The highest BCUT2D eigenvalue weighted by molar-refractivity contribution is 6.30. The molecule has 0 amide bonds. The molecule has 29 heavy (non-hydrogen) atoms. The normalized spacial score (nSPS) is 13.0. The summed E-state index contributed by atoms with van der Waals surface area (Å²) in [6.07, 6.45) is 3.62. The second-order valence-electron chi connectivity index (χ2n) is 7.26. The van der Waals surface area contributed by atoms with Crippen LogP contribution in [0, 0.1) is 5.82 Å². The van der Waals surface area contributed by atoms with E-state index < -0.39 is 0 Å². The lowest BCUT2D eigenvalue weighted by Crippen LogP contribution is -2.10. The van der Waals surface area contributed by atoms with Crippen molar-refractivity contribution in [2.24, 2.45) is 0 Å². The first-order valence-electron chi connectivity index (χ1n) is 9.66. The van der Waals surface area contributed by atoms with E-state index in [0.29, 0.717) is 29.6 Å². The van der Waals surface area contributed by atoms with E-state index in [4.69, 9.17) is 21.7 Å². The molecular weight excluding hydrogens is 389 g/mol. The minimum Gasteiger partial charge on any atom is -0.366 e. The smallest absolute Gasteiger partial charge is 0.254 e. The number of nitrogens with zero attached hydrogens (tertiary/aromatic N) is 4. The maximum atomic E-state index is 13.2. The molecule has 0 saturated carbocycles. The van der Waals surface area contributed by atoms with Gasteiger partial charge in [0.2, 0.25) is 0 Å². The molecular formula is C22H19ClFN5. The van der Waals surface area contributed by atoms with E-state index in [9.17, 15) is 4.39 Å². The predicted octanol–water partition coefficient (Wildman–Crippen LogP) is 4.61. The summed E-state index contributed by atoms with van der Waals surface area (Å²) in [7, 11) is 0. The number of aromatic nitrogens is 4. The van der Waals surface area contributed by atoms with E-state index in [-0.39, 0.29) is 5.82 Å². The first kappa shape index (κ1) is 18.1. The molecule has 2 aromatic carbocycles. The molecule has 4 aromatic rings. The van der Waals surface area contributed by atoms with Gasteiger partial charge in [-0.25, -0.2) is 9.37 Å². The Bertz CT molecular complexity index is 1170. The van der Waals surface area contributed by atoms with Gasteiger partial charge in [0.1, 0.15) is 11.6 Å². The van der Waals surface area contributed by atoms with Crippen molar-refractivity contribution in [3.63, 3.8) is 0 Å². The molecule has 1 aliphatic rings. The van der Waals surface area contributed by atoms with E-state index >= 15 is 0 Å². The van der Waals surface area contributed by atoms with Crippen LogP contribution in [0.25, 0.3) is 5.78 Å². The molecule has 5 nitrogen and oxygen atoms in total. The topological polar surface area (TPSA) is 55.1 Å². The monoisotopic (exact) mass is 407 g/mol. The largest absolute Gasteiger partial charge is 0.366 e. The Morgan fingerprint density at radius 3 is 2.52 bits per heavy atom. The van der Waals surface area contributed by atoms with E-state index in [1.165, 1.54) is 17.7 Å². The van der Waals surface area contributed by atoms with Crippen molar-refractivity contribution in [2.75, 3.05) is 5.32 Å². The van der Waals surface area contributed by atoms with Crippen molar-refractivity contribution in [1.82, 2.24) is 19.6 Å². The van der Waals surface area contributed by atoms with Gasteiger partial charge >= 0.3 is 0 Å². The van der Waals surface area contributed by atoms with E-state index in [1.807, 2.05) is 24.3 Å². The summed E-state index contributed by atoms with van der Waals surface area (Å²) in [4.78, 5) is 9.39. The average Bonchev–Trinajstić information content (AvgIpc) is 3.34. The van der Waals surface area contributed by atoms with Crippen molar-refractivity contribution in [2.45, 2.75) is 32.2 Å². The molecule has 1 N–H and O–H groups in total. The Morgan fingerprint density at radius 1 is 0.966 bits per heavy atom. The summed E-state index contributed by atoms with van der Waals surface area (Å²) in [6, 6.07) is 14.2. The standard InChI is InChI=1S/C22H19ClFN5/c23-16-8-4-14(5-9-16)12-20-27-22-26-19-3-1-2-18(19)21(29(22)28-20)25-13-15-6-10-17(24)11-7-15/h4-11,25H,1-3,12-13H2. The van der Waals surface area contributed by atoms with E-state index in [0.717, 1.165) is 41.9 Å². The lowest BCUT2D eigenvalue weighted by molar-refractivity contribution is 0.627. The molecule has 5 rings (SSSR count). The van der Waals surface area contributed by atoms with Crippen LogP contribution in [0.2, 0.25) is 5.02 Å². The highest BCUT2D eigenvalue weighted by atomic mass is 35.5. The van der Waals surface area contributed by atoms with Crippen LogP contribution in [-0.4, -0.2) is 19.6 Å². The van der Waals surface area contributed by atoms with Crippen molar-refractivity contribution >= 4 is 23.2 Å². The first-order chi connectivity index (χ1) is 14.2. The first-order valence-corrected chi connectivity index (χ1v) is 10.0. The highest BCUT2D eigenvalue weighted by Gasteiger charge is 2.22. The molecule has 2 aromatic heterocycles. The summed E-state index contributed by atoms with van der Waals surface area (Å²) in [5.41, 5.74) is 4.38. The minimum atomic E-state index is -0.232. The summed E-state index contributed by atoms with van der Waals surface area (Å²) in [5.74, 6) is 2.02. The minimum absolute atomic E-state index is 0.232. The van der Waals surface area contributed by atoms with Crippen LogP contribution in [-0.2, 0) is 25.8 Å². The fourth-order valence-corrected chi connectivity index (χ4v) is 3.88. The number of benzene rings is 2. The average molecular weight is 408 g/mol. The highest BCUT2D eigenvalue weighted by Crippen LogP contribution is 2.28. The molecule has 0 radical (unpaired) electrons. The SMILES string of the molecule is Fc1ccc(CNc2c3c(nc4nc(Cc5ccc(Cl)cc5)nn24)CCC3)cc1.